The average molecular weight is 316 g/mol. The molecule has 0 bridgehead atoms. The SMILES string of the molecule is CCC(C)[Si](F)(N(C)c1ccccc1)N(C)c1ccccc1. The molecule has 2 aromatic rings. The zero-order chi connectivity index (χ0) is 16.2. The molecule has 2 nitrogen and oxygen atoms in total. The Balaban J connectivity index is 2.44. The van der Waals surface area contributed by atoms with E-state index in [1.807, 2.05) is 90.8 Å². The molecule has 22 heavy (non-hydrogen) atoms. The minimum atomic E-state index is -3.37. The highest BCUT2D eigenvalue weighted by atomic mass is 28.4. The Morgan fingerprint density at radius 1 is 0.864 bits per heavy atom. The number of anilines is 2. The van der Waals surface area contributed by atoms with Crippen LogP contribution in [0.4, 0.5) is 15.5 Å². The second kappa shape index (κ2) is 6.96. The summed E-state index contributed by atoms with van der Waals surface area (Å²) in [6.45, 7) is 4.08. The van der Waals surface area contributed by atoms with Crippen LogP contribution >= 0.6 is 0 Å². The quantitative estimate of drug-likeness (QED) is 0.548. The summed E-state index contributed by atoms with van der Waals surface area (Å²) in [5.41, 5.74) is 1.85. The van der Waals surface area contributed by atoms with Crippen LogP contribution in [-0.4, -0.2) is 22.8 Å². The van der Waals surface area contributed by atoms with Crippen molar-refractivity contribution in [1.29, 1.82) is 0 Å². The molecular formula is C18H25FN2Si. The third-order valence-corrected chi connectivity index (χ3v) is 8.53. The molecule has 4 heteroatoms. The third-order valence-electron chi connectivity index (χ3n) is 4.47. The molecule has 0 saturated carbocycles. The topological polar surface area (TPSA) is 6.48 Å². The van der Waals surface area contributed by atoms with Gasteiger partial charge in [0.15, 0.2) is 0 Å². The van der Waals surface area contributed by atoms with Crippen LogP contribution in [0.15, 0.2) is 60.7 Å². The standard InChI is InChI=1S/C18H25FN2Si/c1-5-16(2)22(19,20(3)17-12-8-6-9-13-17)21(4)18-14-10-7-11-15-18/h6-16H,5H2,1-4H3. The van der Waals surface area contributed by atoms with Crippen molar-refractivity contribution in [3.8, 4) is 0 Å². The predicted molar refractivity (Wildman–Crippen MR) is 96.3 cm³/mol. The van der Waals surface area contributed by atoms with Crippen molar-refractivity contribution in [2.24, 2.45) is 0 Å². The van der Waals surface area contributed by atoms with Crippen molar-refractivity contribution in [3.63, 3.8) is 0 Å². The third kappa shape index (κ3) is 3.02. The van der Waals surface area contributed by atoms with Crippen molar-refractivity contribution in [2.75, 3.05) is 23.2 Å². The normalized spacial score (nSPS) is 12.8. The van der Waals surface area contributed by atoms with Crippen LogP contribution in [0.5, 0.6) is 0 Å². The van der Waals surface area contributed by atoms with E-state index in [2.05, 4.69) is 6.92 Å². The van der Waals surface area contributed by atoms with E-state index in [1.165, 1.54) is 0 Å². The Morgan fingerprint density at radius 2 is 1.23 bits per heavy atom. The van der Waals surface area contributed by atoms with E-state index in [9.17, 15) is 0 Å². The molecule has 0 aliphatic heterocycles. The Bertz CT molecular complexity index is 531. The second-order valence-corrected chi connectivity index (χ2v) is 9.33. The van der Waals surface area contributed by atoms with Crippen molar-refractivity contribution in [3.05, 3.63) is 60.7 Å². The second-order valence-electron chi connectivity index (χ2n) is 5.73. The Labute approximate surface area is 134 Å². The molecule has 0 heterocycles. The summed E-state index contributed by atoms with van der Waals surface area (Å²) in [4.78, 5) is 0. The van der Waals surface area contributed by atoms with Crippen molar-refractivity contribution < 1.29 is 4.11 Å². The average Bonchev–Trinajstić information content (AvgIpc) is 2.60. The fraction of sp³-hybridized carbons (Fsp3) is 0.333. The fourth-order valence-electron chi connectivity index (χ4n) is 2.81. The van der Waals surface area contributed by atoms with Crippen LogP contribution < -0.4 is 9.13 Å². The summed E-state index contributed by atoms with van der Waals surface area (Å²) in [6, 6.07) is 19.7. The summed E-state index contributed by atoms with van der Waals surface area (Å²) in [5.74, 6) is 0. The molecule has 0 radical (unpaired) electrons. The van der Waals surface area contributed by atoms with Gasteiger partial charge in [-0.3, -0.25) is 4.11 Å². The number of para-hydroxylation sites is 2. The molecule has 2 rings (SSSR count). The van der Waals surface area contributed by atoms with Crippen LogP contribution in [0.1, 0.15) is 20.3 Å². The molecule has 0 fully saturated rings. The summed E-state index contributed by atoms with van der Waals surface area (Å²) >= 11 is 0. The lowest BCUT2D eigenvalue weighted by Gasteiger charge is -2.44. The Morgan fingerprint density at radius 3 is 1.55 bits per heavy atom. The van der Waals surface area contributed by atoms with Gasteiger partial charge in [-0.15, -0.1) is 0 Å². The zero-order valence-electron chi connectivity index (χ0n) is 13.8. The number of rotatable bonds is 6. The van der Waals surface area contributed by atoms with Gasteiger partial charge in [0.1, 0.15) is 0 Å². The van der Waals surface area contributed by atoms with Gasteiger partial charge in [-0.25, -0.2) is 0 Å². The van der Waals surface area contributed by atoms with Gasteiger partial charge < -0.3 is 9.13 Å². The van der Waals surface area contributed by atoms with Crippen LogP contribution in [0, 0.1) is 0 Å². The van der Waals surface area contributed by atoms with Crippen molar-refractivity contribution in [1.82, 2.24) is 0 Å². The molecule has 2 aromatic carbocycles. The molecule has 118 valence electrons. The van der Waals surface area contributed by atoms with Crippen LogP contribution in [0.25, 0.3) is 0 Å². The summed E-state index contributed by atoms with van der Waals surface area (Å²) in [6.07, 6.45) is 0.817. The summed E-state index contributed by atoms with van der Waals surface area (Å²) < 4.78 is 20.1. The molecule has 1 unspecified atom stereocenters. The molecular weight excluding hydrogens is 291 g/mol. The number of halogens is 1. The van der Waals surface area contributed by atoms with E-state index in [0.717, 1.165) is 17.8 Å². The number of nitrogens with zero attached hydrogens (tertiary/aromatic N) is 2. The van der Waals surface area contributed by atoms with Gasteiger partial charge in [0.25, 0.3) is 0 Å². The largest absolute Gasteiger partial charge is 0.463 e. The van der Waals surface area contributed by atoms with Gasteiger partial charge in [-0.2, -0.15) is 0 Å². The monoisotopic (exact) mass is 316 g/mol. The Kier molecular flexibility index (Phi) is 5.24. The first-order valence-electron chi connectivity index (χ1n) is 7.78. The molecule has 0 aliphatic carbocycles. The van der Waals surface area contributed by atoms with Crippen molar-refractivity contribution >= 4 is 20.1 Å². The van der Waals surface area contributed by atoms with Gasteiger partial charge in [0.2, 0.25) is 0 Å². The minimum Gasteiger partial charge on any atom is -0.359 e. The highest BCUT2D eigenvalue weighted by molar-refractivity contribution is 6.81. The van der Waals surface area contributed by atoms with E-state index >= 15 is 4.11 Å². The molecule has 0 spiro atoms. The first kappa shape index (κ1) is 16.6. The molecule has 0 aromatic heterocycles. The van der Waals surface area contributed by atoms with Crippen LogP contribution in [0.2, 0.25) is 5.54 Å². The van der Waals surface area contributed by atoms with E-state index < -0.39 is 8.73 Å². The highest BCUT2D eigenvalue weighted by Gasteiger charge is 2.50. The Hall–Kier alpha value is -1.81. The predicted octanol–water partition coefficient (Wildman–Crippen LogP) is 4.97. The van der Waals surface area contributed by atoms with Gasteiger partial charge in [0.05, 0.1) is 0 Å². The smallest absolute Gasteiger partial charge is 0.359 e. The lowest BCUT2D eigenvalue weighted by molar-refractivity contribution is 0.658. The number of hydrogen-bond donors (Lipinski definition) is 0. The zero-order valence-corrected chi connectivity index (χ0v) is 14.8. The van der Waals surface area contributed by atoms with Gasteiger partial charge >= 0.3 is 8.73 Å². The van der Waals surface area contributed by atoms with Crippen molar-refractivity contribution in [2.45, 2.75) is 25.8 Å². The van der Waals surface area contributed by atoms with Gasteiger partial charge in [0, 0.05) is 31.0 Å². The van der Waals surface area contributed by atoms with Gasteiger partial charge in [-0.1, -0.05) is 50.2 Å². The van der Waals surface area contributed by atoms with Gasteiger partial charge in [-0.05, 0) is 30.7 Å². The lowest BCUT2D eigenvalue weighted by Crippen LogP contribution is -2.63. The maximum Gasteiger partial charge on any atom is 0.463 e. The minimum absolute atomic E-state index is 0.0112. The van der Waals surface area contributed by atoms with E-state index in [-0.39, 0.29) is 5.54 Å². The van der Waals surface area contributed by atoms with E-state index in [1.54, 1.807) is 0 Å². The fourth-order valence-corrected chi connectivity index (χ4v) is 6.13. The highest BCUT2D eigenvalue weighted by Crippen LogP contribution is 2.36. The maximum absolute atomic E-state index is 16.3. The van der Waals surface area contributed by atoms with E-state index in [0.29, 0.717) is 0 Å². The molecule has 1 atom stereocenters. The molecule has 0 N–H and O–H groups in total. The first-order valence-corrected chi connectivity index (χ1v) is 9.63. The van der Waals surface area contributed by atoms with Crippen LogP contribution in [-0.2, 0) is 0 Å². The maximum atomic E-state index is 16.3. The molecule has 0 saturated heterocycles. The number of benzene rings is 2. The first-order chi connectivity index (χ1) is 10.5. The lowest BCUT2D eigenvalue weighted by atomic mass is 10.3. The summed E-state index contributed by atoms with van der Waals surface area (Å²) in [5, 5.41) is 0. The number of hydrogen-bond acceptors (Lipinski definition) is 2. The van der Waals surface area contributed by atoms with E-state index in [4.69, 9.17) is 0 Å². The summed E-state index contributed by atoms with van der Waals surface area (Å²) in [7, 11) is 0.390. The van der Waals surface area contributed by atoms with Crippen LogP contribution in [0.3, 0.4) is 0 Å². The molecule has 0 amide bonds. The molecule has 0 aliphatic rings.